The molecule has 0 fully saturated rings. The van der Waals surface area contributed by atoms with Crippen LogP contribution in [0.25, 0.3) is 0 Å². The molecule has 0 aliphatic carbocycles. The lowest BCUT2D eigenvalue weighted by atomic mass is 10.1. The van der Waals surface area contributed by atoms with Gasteiger partial charge in [-0.1, -0.05) is 13.8 Å². The van der Waals surface area contributed by atoms with Gasteiger partial charge in [-0.15, -0.1) is 0 Å². The summed E-state index contributed by atoms with van der Waals surface area (Å²) >= 11 is 0. The van der Waals surface area contributed by atoms with Gasteiger partial charge >= 0.3 is 0 Å². The highest BCUT2D eigenvalue weighted by atomic mass is 16.2. The number of nitrogens with one attached hydrogen (secondary N) is 2. The molecule has 2 amide bonds. The number of amides is 2. The van der Waals surface area contributed by atoms with Gasteiger partial charge in [0.05, 0.1) is 0 Å². The molecule has 0 aliphatic rings. The van der Waals surface area contributed by atoms with E-state index in [1.54, 1.807) is 18.9 Å². The van der Waals surface area contributed by atoms with Crippen LogP contribution in [0.3, 0.4) is 0 Å². The standard InChI is InChI=1S/C12H25N3O2/c1-6-13-8-9(3)11(16)14-10(4)12(17)15(5)7-2/h9-10,13H,6-8H2,1-5H3,(H,14,16). The van der Waals surface area contributed by atoms with Gasteiger partial charge in [0.25, 0.3) is 0 Å². The molecule has 0 bridgehead atoms. The van der Waals surface area contributed by atoms with Crippen LogP contribution in [-0.2, 0) is 9.59 Å². The van der Waals surface area contributed by atoms with E-state index in [9.17, 15) is 9.59 Å². The molecule has 0 radical (unpaired) electrons. The van der Waals surface area contributed by atoms with Crippen LogP contribution in [0.1, 0.15) is 27.7 Å². The van der Waals surface area contributed by atoms with Gasteiger partial charge in [0, 0.05) is 26.1 Å². The Morgan fingerprint density at radius 1 is 1.24 bits per heavy atom. The van der Waals surface area contributed by atoms with Crippen molar-refractivity contribution in [1.82, 2.24) is 15.5 Å². The van der Waals surface area contributed by atoms with E-state index >= 15 is 0 Å². The van der Waals surface area contributed by atoms with Crippen molar-refractivity contribution in [2.75, 3.05) is 26.7 Å². The Morgan fingerprint density at radius 3 is 2.29 bits per heavy atom. The fraction of sp³-hybridized carbons (Fsp3) is 0.833. The number of nitrogens with zero attached hydrogens (tertiary/aromatic N) is 1. The molecule has 0 aliphatic heterocycles. The highest BCUT2D eigenvalue weighted by molar-refractivity contribution is 5.88. The predicted octanol–water partition coefficient (Wildman–Crippen LogP) is 0.215. The number of carbonyl (C=O) groups excluding carboxylic acids is 2. The Morgan fingerprint density at radius 2 is 1.82 bits per heavy atom. The van der Waals surface area contributed by atoms with Crippen molar-refractivity contribution in [2.45, 2.75) is 33.7 Å². The summed E-state index contributed by atoms with van der Waals surface area (Å²) in [6.45, 7) is 9.57. The average molecular weight is 243 g/mol. The lowest BCUT2D eigenvalue weighted by Crippen LogP contribution is -2.48. The molecule has 2 atom stereocenters. The molecular formula is C12H25N3O2. The molecule has 0 rings (SSSR count). The minimum Gasteiger partial charge on any atom is -0.344 e. The van der Waals surface area contributed by atoms with Gasteiger partial charge in [0.1, 0.15) is 6.04 Å². The summed E-state index contributed by atoms with van der Waals surface area (Å²) in [5.41, 5.74) is 0. The highest BCUT2D eigenvalue weighted by Gasteiger charge is 2.21. The third-order valence-electron chi connectivity index (χ3n) is 2.73. The van der Waals surface area contributed by atoms with Crippen LogP contribution in [0.5, 0.6) is 0 Å². The van der Waals surface area contributed by atoms with Crippen molar-refractivity contribution < 1.29 is 9.59 Å². The van der Waals surface area contributed by atoms with Crippen molar-refractivity contribution in [3.63, 3.8) is 0 Å². The molecule has 0 aromatic heterocycles. The van der Waals surface area contributed by atoms with Gasteiger partial charge in [-0.3, -0.25) is 9.59 Å². The lowest BCUT2D eigenvalue weighted by molar-refractivity contribution is -0.135. The molecule has 100 valence electrons. The smallest absolute Gasteiger partial charge is 0.244 e. The summed E-state index contributed by atoms with van der Waals surface area (Å²) in [4.78, 5) is 25.1. The van der Waals surface area contributed by atoms with E-state index in [0.29, 0.717) is 13.1 Å². The van der Waals surface area contributed by atoms with Crippen LogP contribution in [0.2, 0.25) is 0 Å². The second-order valence-electron chi connectivity index (χ2n) is 4.29. The Kier molecular flexibility index (Phi) is 7.54. The summed E-state index contributed by atoms with van der Waals surface area (Å²) in [5.74, 6) is -0.273. The van der Waals surface area contributed by atoms with E-state index in [1.165, 1.54) is 0 Å². The predicted molar refractivity (Wildman–Crippen MR) is 68.6 cm³/mol. The van der Waals surface area contributed by atoms with Crippen LogP contribution in [-0.4, -0.2) is 49.4 Å². The summed E-state index contributed by atoms with van der Waals surface area (Å²) < 4.78 is 0. The topological polar surface area (TPSA) is 61.4 Å². The van der Waals surface area contributed by atoms with E-state index in [-0.39, 0.29) is 17.7 Å². The molecule has 0 spiro atoms. The third-order valence-corrected chi connectivity index (χ3v) is 2.73. The first kappa shape index (κ1) is 15.9. The first-order valence-electron chi connectivity index (χ1n) is 6.20. The van der Waals surface area contributed by atoms with Crippen LogP contribution < -0.4 is 10.6 Å². The van der Waals surface area contributed by atoms with Gasteiger partial charge in [0.2, 0.25) is 11.8 Å². The molecule has 0 aromatic rings. The number of hydrogen-bond donors (Lipinski definition) is 2. The normalized spacial score (nSPS) is 13.9. The maximum Gasteiger partial charge on any atom is 0.244 e. The second-order valence-corrected chi connectivity index (χ2v) is 4.29. The maximum atomic E-state index is 11.8. The van der Waals surface area contributed by atoms with Gasteiger partial charge in [-0.25, -0.2) is 0 Å². The molecule has 0 saturated heterocycles. The zero-order chi connectivity index (χ0) is 13.4. The number of carbonyl (C=O) groups is 2. The Labute approximate surface area is 104 Å². The Hall–Kier alpha value is -1.10. The van der Waals surface area contributed by atoms with E-state index in [1.807, 2.05) is 20.8 Å². The molecule has 2 N–H and O–H groups in total. The monoisotopic (exact) mass is 243 g/mol. The molecule has 5 nitrogen and oxygen atoms in total. The molecular weight excluding hydrogens is 218 g/mol. The van der Waals surface area contributed by atoms with E-state index < -0.39 is 6.04 Å². The van der Waals surface area contributed by atoms with Crippen LogP contribution in [0.4, 0.5) is 0 Å². The third kappa shape index (κ3) is 5.68. The summed E-state index contributed by atoms with van der Waals surface area (Å²) in [6, 6.07) is -0.462. The van der Waals surface area contributed by atoms with E-state index in [0.717, 1.165) is 6.54 Å². The minimum absolute atomic E-state index is 0.0588. The molecule has 0 heterocycles. The summed E-state index contributed by atoms with van der Waals surface area (Å²) in [6.07, 6.45) is 0. The molecule has 0 aromatic carbocycles. The van der Waals surface area contributed by atoms with Crippen molar-refractivity contribution in [1.29, 1.82) is 0 Å². The van der Waals surface area contributed by atoms with E-state index in [2.05, 4.69) is 10.6 Å². The van der Waals surface area contributed by atoms with Gasteiger partial charge in [-0.2, -0.15) is 0 Å². The van der Waals surface area contributed by atoms with Crippen LogP contribution in [0, 0.1) is 5.92 Å². The first-order valence-corrected chi connectivity index (χ1v) is 6.20. The summed E-state index contributed by atoms with van der Waals surface area (Å²) in [5, 5.41) is 5.84. The zero-order valence-corrected chi connectivity index (χ0v) is 11.5. The molecule has 2 unspecified atom stereocenters. The SMILES string of the molecule is CCNCC(C)C(=O)NC(C)C(=O)N(C)CC. The quantitative estimate of drug-likeness (QED) is 0.672. The van der Waals surface area contributed by atoms with Gasteiger partial charge in [0.15, 0.2) is 0 Å². The molecule has 0 saturated carbocycles. The van der Waals surface area contributed by atoms with Crippen molar-refractivity contribution >= 4 is 11.8 Å². The number of hydrogen-bond acceptors (Lipinski definition) is 3. The fourth-order valence-corrected chi connectivity index (χ4v) is 1.36. The van der Waals surface area contributed by atoms with Crippen molar-refractivity contribution in [2.24, 2.45) is 5.92 Å². The lowest BCUT2D eigenvalue weighted by Gasteiger charge is -2.22. The Bertz CT molecular complexity index is 256. The second kappa shape index (κ2) is 8.06. The Balaban J connectivity index is 4.14. The van der Waals surface area contributed by atoms with Crippen molar-refractivity contribution in [3.8, 4) is 0 Å². The van der Waals surface area contributed by atoms with Gasteiger partial charge < -0.3 is 15.5 Å². The zero-order valence-electron chi connectivity index (χ0n) is 11.5. The largest absolute Gasteiger partial charge is 0.344 e. The number of rotatable bonds is 7. The average Bonchev–Trinajstić information content (AvgIpc) is 2.33. The van der Waals surface area contributed by atoms with Crippen molar-refractivity contribution in [3.05, 3.63) is 0 Å². The van der Waals surface area contributed by atoms with E-state index in [4.69, 9.17) is 0 Å². The molecule has 5 heteroatoms. The van der Waals surface area contributed by atoms with Crippen LogP contribution in [0.15, 0.2) is 0 Å². The van der Waals surface area contributed by atoms with Gasteiger partial charge in [-0.05, 0) is 20.4 Å². The molecule has 17 heavy (non-hydrogen) atoms. The summed E-state index contributed by atoms with van der Waals surface area (Å²) in [7, 11) is 1.73. The first-order chi connectivity index (χ1) is 7.93. The minimum atomic E-state index is -0.462. The fourth-order valence-electron chi connectivity index (χ4n) is 1.36. The number of likely N-dealkylation sites (N-methyl/N-ethyl adjacent to an activating group) is 1. The highest BCUT2D eigenvalue weighted by Crippen LogP contribution is 1.97. The maximum absolute atomic E-state index is 11.8. The van der Waals surface area contributed by atoms with Crippen LogP contribution >= 0.6 is 0 Å².